The maximum absolute atomic E-state index is 5.97. The molecule has 0 aliphatic carbocycles. The first-order chi connectivity index (χ1) is 9.20. The average molecular weight is 280 g/mol. The smallest absolute Gasteiger partial charge is 0.214 e. The molecule has 0 aliphatic rings. The summed E-state index contributed by atoms with van der Waals surface area (Å²) in [6, 6.07) is 9.81. The maximum atomic E-state index is 5.97. The number of alkyl halides is 1. The fourth-order valence-corrected chi connectivity index (χ4v) is 2.06. The van der Waals surface area contributed by atoms with Crippen molar-refractivity contribution in [2.75, 3.05) is 13.2 Å². The lowest BCUT2D eigenvalue weighted by molar-refractivity contribution is 0.0543. The van der Waals surface area contributed by atoms with Crippen molar-refractivity contribution in [1.82, 2.24) is 4.98 Å². The first-order valence-corrected chi connectivity index (χ1v) is 6.93. The minimum absolute atomic E-state index is 0.214. The zero-order chi connectivity index (χ0) is 13.7. The molecule has 4 heteroatoms. The van der Waals surface area contributed by atoms with Crippen molar-refractivity contribution in [2.24, 2.45) is 0 Å². The molecule has 0 aliphatic heterocycles. The van der Waals surface area contributed by atoms with E-state index in [2.05, 4.69) is 4.98 Å². The average Bonchev–Trinajstić information content (AvgIpc) is 2.42. The summed E-state index contributed by atoms with van der Waals surface area (Å²) < 4.78 is 11.0. The zero-order valence-electron chi connectivity index (χ0n) is 11.2. The number of pyridine rings is 1. The number of benzene rings is 1. The number of para-hydroxylation sites is 1. The van der Waals surface area contributed by atoms with Gasteiger partial charge in [0.05, 0.1) is 18.2 Å². The van der Waals surface area contributed by atoms with Gasteiger partial charge in [-0.2, -0.15) is 0 Å². The quantitative estimate of drug-likeness (QED) is 0.596. The van der Waals surface area contributed by atoms with Crippen LogP contribution in [0.4, 0.5) is 0 Å². The summed E-state index contributed by atoms with van der Waals surface area (Å²) in [6.45, 7) is 5.05. The third-order valence-electron chi connectivity index (χ3n) is 2.71. The first-order valence-electron chi connectivity index (χ1n) is 6.39. The number of nitrogens with zero attached hydrogens (tertiary/aromatic N) is 1. The number of aromatic nitrogens is 1. The van der Waals surface area contributed by atoms with Gasteiger partial charge >= 0.3 is 0 Å². The zero-order valence-corrected chi connectivity index (χ0v) is 12.0. The highest BCUT2D eigenvalue weighted by molar-refractivity contribution is 6.18. The Morgan fingerprint density at radius 1 is 1.21 bits per heavy atom. The summed E-state index contributed by atoms with van der Waals surface area (Å²) in [7, 11) is 0. The second kappa shape index (κ2) is 6.73. The molecule has 1 aromatic heterocycles. The van der Waals surface area contributed by atoms with E-state index in [4.69, 9.17) is 21.1 Å². The van der Waals surface area contributed by atoms with Gasteiger partial charge < -0.3 is 9.47 Å². The standard InChI is InChI=1S/C15H18ClNO2/c1-11(2)18-7-8-19-15-9-12(10-16)13-5-3-4-6-14(13)17-15/h3-6,9,11H,7-8,10H2,1-2H3. The van der Waals surface area contributed by atoms with Gasteiger partial charge in [-0.15, -0.1) is 11.6 Å². The van der Waals surface area contributed by atoms with Gasteiger partial charge in [0, 0.05) is 17.3 Å². The van der Waals surface area contributed by atoms with Gasteiger partial charge in [0.25, 0.3) is 0 Å². The fourth-order valence-electron chi connectivity index (χ4n) is 1.84. The van der Waals surface area contributed by atoms with Crippen LogP contribution < -0.4 is 4.74 Å². The lowest BCUT2D eigenvalue weighted by atomic mass is 10.1. The van der Waals surface area contributed by atoms with Crippen LogP contribution in [0.3, 0.4) is 0 Å². The molecule has 2 aromatic rings. The molecule has 1 aromatic carbocycles. The molecule has 0 atom stereocenters. The van der Waals surface area contributed by atoms with E-state index in [-0.39, 0.29) is 6.10 Å². The molecule has 0 fully saturated rings. The Morgan fingerprint density at radius 3 is 2.74 bits per heavy atom. The highest BCUT2D eigenvalue weighted by Crippen LogP contribution is 2.23. The van der Waals surface area contributed by atoms with Gasteiger partial charge in [-0.25, -0.2) is 4.98 Å². The van der Waals surface area contributed by atoms with Crippen molar-refractivity contribution in [2.45, 2.75) is 25.8 Å². The number of halogens is 1. The Kier molecular flexibility index (Phi) is 5.00. The summed E-state index contributed by atoms with van der Waals surface area (Å²) in [5.41, 5.74) is 1.94. The first kappa shape index (κ1) is 14.1. The van der Waals surface area contributed by atoms with Crippen molar-refractivity contribution in [3.05, 3.63) is 35.9 Å². The molecule has 0 unspecified atom stereocenters. The van der Waals surface area contributed by atoms with Crippen LogP contribution in [0.2, 0.25) is 0 Å². The van der Waals surface area contributed by atoms with E-state index in [1.165, 1.54) is 0 Å². The van der Waals surface area contributed by atoms with Crippen LogP contribution in [-0.2, 0) is 10.6 Å². The lowest BCUT2D eigenvalue weighted by Crippen LogP contribution is -2.11. The number of hydrogen-bond acceptors (Lipinski definition) is 3. The van der Waals surface area contributed by atoms with Gasteiger partial charge in [0.2, 0.25) is 5.88 Å². The second-order valence-corrected chi connectivity index (χ2v) is 4.81. The monoisotopic (exact) mass is 279 g/mol. The largest absolute Gasteiger partial charge is 0.475 e. The number of ether oxygens (including phenoxy) is 2. The highest BCUT2D eigenvalue weighted by Gasteiger charge is 2.05. The molecule has 0 N–H and O–H groups in total. The summed E-state index contributed by atoms with van der Waals surface area (Å²) in [5, 5.41) is 1.07. The fraction of sp³-hybridized carbons (Fsp3) is 0.400. The number of hydrogen-bond donors (Lipinski definition) is 0. The molecule has 2 rings (SSSR count). The molecule has 0 bridgehead atoms. The molecule has 0 radical (unpaired) electrons. The molecule has 1 heterocycles. The highest BCUT2D eigenvalue weighted by atomic mass is 35.5. The topological polar surface area (TPSA) is 31.4 Å². The van der Waals surface area contributed by atoms with Crippen LogP contribution in [0, 0.1) is 0 Å². The number of rotatable bonds is 6. The summed E-state index contributed by atoms with van der Waals surface area (Å²) in [4.78, 5) is 4.46. The van der Waals surface area contributed by atoms with Crippen LogP contribution >= 0.6 is 11.6 Å². The summed E-state index contributed by atoms with van der Waals surface area (Å²) in [5.74, 6) is 1.05. The van der Waals surface area contributed by atoms with Crippen molar-refractivity contribution in [3.63, 3.8) is 0 Å². The Morgan fingerprint density at radius 2 is 2.00 bits per heavy atom. The Balaban J connectivity index is 2.11. The second-order valence-electron chi connectivity index (χ2n) is 4.54. The predicted molar refractivity (Wildman–Crippen MR) is 77.9 cm³/mol. The molecule has 3 nitrogen and oxygen atoms in total. The lowest BCUT2D eigenvalue weighted by Gasteiger charge is -2.10. The Bertz CT molecular complexity index is 543. The minimum Gasteiger partial charge on any atom is -0.475 e. The van der Waals surface area contributed by atoms with Crippen molar-refractivity contribution < 1.29 is 9.47 Å². The molecule has 0 spiro atoms. The normalized spacial score (nSPS) is 11.2. The van der Waals surface area contributed by atoms with Gasteiger partial charge in [-0.1, -0.05) is 18.2 Å². The Labute approximate surface area is 118 Å². The SMILES string of the molecule is CC(C)OCCOc1cc(CCl)c2ccccc2n1. The predicted octanol–water partition coefficient (Wildman–Crippen LogP) is 3.78. The van der Waals surface area contributed by atoms with Crippen LogP contribution in [0.25, 0.3) is 10.9 Å². The van der Waals surface area contributed by atoms with Crippen molar-refractivity contribution in [3.8, 4) is 5.88 Å². The van der Waals surface area contributed by atoms with Gasteiger partial charge in [-0.3, -0.25) is 0 Å². The van der Waals surface area contributed by atoms with E-state index >= 15 is 0 Å². The molecular formula is C15H18ClNO2. The third kappa shape index (κ3) is 3.82. The van der Waals surface area contributed by atoms with Gasteiger partial charge in [0.15, 0.2) is 0 Å². The van der Waals surface area contributed by atoms with Crippen LogP contribution in [0.1, 0.15) is 19.4 Å². The maximum Gasteiger partial charge on any atom is 0.214 e. The van der Waals surface area contributed by atoms with Crippen molar-refractivity contribution in [1.29, 1.82) is 0 Å². The molecule has 0 saturated carbocycles. The Hall–Kier alpha value is -1.32. The van der Waals surface area contributed by atoms with E-state index in [0.717, 1.165) is 16.5 Å². The third-order valence-corrected chi connectivity index (χ3v) is 2.99. The van der Waals surface area contributed by atoms with E-state index in [1.807, 2.05) is 44.2 Å². The van der Waals surface area contributed by atoms with E-state index in [9.17, 15) is 0 Å². The number of fused-ring (bicyclic) bond motifs is 1. The molecule has 0 amide bonds. The van der Waals surface area contributed by atoms with Crippen LogP contribution in [0.15, 0.2) is 30.3 Å². The minimum atomic E-state index is 0.214. The summed E-state index contributed by atoms with van der Waals surface area (Å²) in [6.07, 6.45) is 0.214. The molecular weight excluding hydrogens is 262 g/mol. The van der Waals surface area contributed by atoms with Gasteiger partial charge in [0.1, 0.15) is 6.61 Å². The van der Waals surface area contributed by atoms with Crippen LogP contribution in [0.5, 0.6) is 5.88 Å². The van der Waals surface area contributed by atoms with E-state index in [0.29, 0.717) is 25.0 Å². The molecule has 0 saturated heterocycles. The molecule has 102 valence electrons. The van der Waals surface area contributed by atoms with E-state index in [1.54, 1.807) is 0 Å². The van der Waals surface area contributed by atoms with E-state index < -0.39 is 0 Å². The molecule has 19 heavy (non-hydrogen) atoms. The van der Waals surface area contributed by atoms with Crippen molar-refractivity contribution >= 4 is 22.5 Å². The van der Waals surface area contributed by atoms with Crippen LogP contribution in [-0.4, -0.2) is 24.3 Å². The summed E-state index contributed by atoms with van der Waals surface area (Å²) >= 11 is 5.97. The van der Waals surface area contributed by atoms with Gasteiger partial charge in [-0.05, 0) is 25.5 Å².